The van der Waals surface area contributed by atoms with Crippen LogP contribution in [0.15, 0.2) is 54.6 Å². The first-order valence-electron chi connectivity index (χ1n) is 14.9. The zero-order valence-electron chi connectivity index (χ0n) is 26.3. The van der Waals surface area contributed by atoms with E-state index in [1.165, 1.54) is 0 Å². The molecule has 0 fully saturated rings. The van der Waals surface area contributed by atoms with E-state index in [1.54, 1.807) is 0 Å². The van der Waals surface area contributed by atoms with Gasteiger partial charge in [-0.2, -0.15) is 0 Å². The maximum atomic E-state index is 6.20. The molecule has 0 bridgehead atoms. The third kappa shape index (κ3) is 11.9. The predicted octanol–water partition coefficient (Wildman–Crippen LogP) is 6.38. The average Bonchev–Trinajstić information content (AvgIpc) is 2.98. The first-order valence-corrected chi connectivity index (χ1v) is 14.9. The van der Waals surface area contributed by atoms with Crippen LogP contribution >= 0.6 is 0 Å². The SMILES string of the molecule is CCOCCOc1ccc(OB(Oc2ccc(OCCOCC)c(C)c2)Oc2ccc(OCCOCC)c(C)c2)cc1C. The maximum absolute atomic E-state index is 6.20. The number of hydrogen-bond donors (Lipinski definition) is 0. The second-order valence-corrected chi connectivity index (χ2v) is 9.56. The van der Waals surface area contributed by atoms with E-state index in [0.29, 0.717) is 76.7 Å². The van der Waals surface area contributed by atoms with Gasteiger partial charge in [-0.3, -0.25) is 0 Å². The highest BCUT2D eigenvalue weighted by Gasteiger charge is 2.31. The maximum Gasteiger partial charge on any atom is 0.864 e. The van der Waals surface area contributed by atoms with Gasteiger partial charge in [0, 0.05) is 19.8 Å². The van der Waals surface area contributed by atoms with Gasteiger partial charge in [-0.25, -0.2) is 0 Å². The smallest absolute Gasteiger partial charge is 0.491 e. The molecule has 9 nitrogen and oxygen atoms in total. The van der Waals surface area contributed by atoms with Gasteiger partial charge in [0.05, 0.1) is 19.8 Å². The van der Waals surface area contributed by atoms with Crippen LogP contribution in [0.1, 0.15) is 37.5 Å². The third-order valence-corrected chi connectivity index (χ3v) is 6.20. The Bertz CT molecular complexity index is 1090. The Kier molecular flexibility index (Phi) is 14.9. The summed E-state index contributed by atoms with van der Waals surface area (Å²) in [7, 11) is -1.09. The molecule has 0 radical (unpaired) electrons. The average molecular weight is 597 g/mol. The van der Waals surface area contributed by atoms with Crippen LogP contribution in [0.5, 0.6) is 34.5 Å². The molecule has 0 heterocycles. The van der Waals surface area contributed by atoms with E-state index in [9.17, 15) is 0 Å². The van der Waals surface area contributed by atoms with Gasteiger partial charge in [0.1, 0.15) is 54.3 Å². The fourth-order valence-corrected chi connectivity index (χ4v) is 4.04. The molecular weight excluding hydrogens is 551 g/mol. The topological polar surface area (TPSA) is 83.1 Å². The van der Waals surface area contributed by atoms with Crippen LogP contribution in [-0.2, 0) is 14.2 Å². The number of hydrogen-bond acceptors (Lipinski definition) is 9. The highest BCUT2D eigenvalue weighted by atomic mass is 16.7. The first-order chi connectivity index (χ1) is 20.9. The number of rotatable bonds is 21. The zero-order chi connectivity index (χ0) is 30.9. The largest absolute Gasteiger partial charge is 0.864 e. The van der Waals surface area contributed by atoms with Gasteiger partial charge in [-0.1, -0.05) is 0 Å². The molecule has 0 atom stereocenters. The molecule has 0 aliphatic carbocycles. The van der Waals surface area contributed by atoms with E-state index in [-0.39, 0.29) is 0 Å². The second kappa shape index (κ2) is 18.8. The van der Waals surface area contributed by atoms with Crippen molar-refractivity contribution in [1.82, 2.24) is 0 Å². The molecule has 3 rings (SSSR count). The van der Waals surface area contributed by atoms with E-state index >= 15 is 0 Å². The van der Waals surface area contributed by atoms with Crippen molar-refractivity contribution in [3.05, 3.63) is 71.3 Å². The van der Waals surface area contributed by atoms with Gasteiger partial charge in [0.2, 0.25) is 0 Å². The quantitative estimate of drug-likeness (QED) is 0.103. The van der Waals surface area contributed by atoms with Crippen molar-refractivity contribution in [3.63, 3.8) is 0 Å². The molecule has 0 amide bonds. The molecule has 0 aliphatic heterocycles. The molecule has 234 valence electrons. The van der Waals surface area contributed by atoms with E-state index in [2.05, 4.69) is 0 Å². The van der Waals surface area contributed by atoms with Gasteiger partial charge < -0.3 is 42.4 Å². The van der Waals surface area contributed by atoms with E-state index < -0.39 is 7.32 Å². The Morgan fingerprint density at radius 3 is 1.00 bits per heavy atom. The van der Waals surface area contributed by atoms with Crippen LogP contribution in [0, 0.1) is 20.8 Å². The summed E-state index contributed by atoms with van der Waals surface area (Å²) in [6.45, 7) is 16.7. The molecule has 0 unspecified atom stereocenters. The lowest BCUT2D eigenvalue weighted by Gasteiger charge is -2.19. The molecule has 3 aromatic rings. The Hall–Kier alpha value is -3.60. The molecule has 0 saturated heterocycles. The normalized spacial score (nSPS) is 10.7. The number of benzene rings is 3. The van der Waals surface area contributed by atoms with Gasteiger partial charge in [0.15, 0.2) is 0 Å². The standard InChI is InChI=1S/C33H45BO9/c1-7-35-16-19-38-31-13-10-28(22-25(31)4)41-34(42-29-11-14-32(26(5)23-29)39-20-17-36-8-2)43-30-12-15-33(27(6)24-30)40-21-18-37-9-3/h10-15,22-24H,7-9,16-21H2,1-6H3. The summed E-state index contributed by atoms with van der Waals surface area (Å²) in [5.74, 6) is 3.99. The van der Waals surface area contributed by atoms with Crippen molar-refractivity contribution in [2.24, 2.45) is 0 Å². The van der Waals surface area contributed by atoms with Crippen LogP contribution < -0.4 is 28.2 Å². The number of aryl methyl sites for hydroxylation is 3. The third-order valence-electron chi connectivity index (χ3n) is 6.20. The first kappa shape index (κ1) is 33.9. The van der Waals surface area contributed by atoms with E-state index in [1.807, 2.05) is 96.1 Å². The Morgan fingerprint density at radius 1 is 0.442 bits per heavy atom. The fraction of sp³-hybridized carbons (Fsp3) is 0.455. The van der Waals surface area contributed by atoms with E-state index in [4.69, 9.17) is 42.4 Å². The van der Waals surface area contributed by atoms with Crippen molar-refractivity contribution in [2.75, 3.05) is 59.5 Å². The molecule has 0 aliphatic rings. The van der Waals surface area contributed by atoms with Crippen LogP contribution in [-0.4, -0.2) is 66.8 Å². The summed E-state index contributed by atoms with van der Waals surface area (Å²) < 4.78 is 52.2. The second-order valence-electron chi connectivity index (χ2n) is 9.56. The lowest BCUT2D eigenvalue weighted by atomic mass is 10.1. The highest BCUT2D eigenvalue weighted by molar-refractivity contribution is 6.39. The van der Waals surface area contributed by atoms with Gasteiger partial charge in [0.25, 0.3) is 0 Å². The lowest BCUT2D eigenvalue weighted by Crippen LogP contribution is -2.37. The summed E-state index contributed by atoms with van der Waals surface area (Å²) in [5, 5.41) is 0. The minimum atomic E-state index is -1.09. The molecule has 0 N–H and O–H groups in total. The van der Waals surface area contributed by atoms with Gasteiger partial charge in [-0.05, 0) is 113 Å². The summed E-state index contributed by atoms with van der Waals surface area (Å²) in [6, 6.07) is 16.7. The summed E-state index contributed by atoms with van der Waals surface area (Å²) >= 11 is 0. The zero-order valence-corrected chi connectivity index (χ0v) is 26.3. The molecule has 0 spiro atoms. The number of ether oxygens (including phenoxy) is 6. The molecule has 0 aromatic heterocycles. The lowest BCUT2D eigenvalue weighted by molar-refractivity contribution is 0.110. The van der Waals surface area contributed by atoms with Crippen LogP contribution in [0.3, 0.4) is 0 Å². The molecule has 10 heteroatoms. The molecule has 0 saturated carbocycles. The van der Waals surface area contributed by atoms with Crippen molar-refractivity contribution in [2.45, 2.75) is 41.5 Å². The van der Waals surface area contributed by atoms with Crippen LogP contribution in [0.25, 0.3) is 0 Å². The van der Waals surface area contributed by atoms with Crippen molar-refractivity contribution >= 4 is 7.32 Å². The van der Waals surface area contributed by atoms with Crippen LogP contribution in [0.2, 0.25) is 0 Å². The van der Waals surface area contributed by atoms with Crippen molar-refractivity contribution in [3.8, 4) is 34.5 Å². The Morgan fingerprint density at radius 2 is 0.744 bits per heavy atom. The minimum Gasteiger partial charge on any atom is -0.491 e. The molecule has 3 aromatic carbocycles. The summed E-state index contributed by atoms with van der Waals surface area (Å²) in [4.78, 5) is 0. The molecule has 43 heavy (non-hydrogen) atoms. The summed E-state index contributed by atoms with van der Waals surface area (Å²) in [6.07, 6.45) is 0. The van der Waals surface area contributed by atoms with Crippen molar-refractivity contribution in [1.29, 1.82) is 0 Å². The predicted molar refractivity (Wildman–Crippen MR) is 167 cm³/mol. The van der Waals surface area contributed by atoms with E-state index in [0.717, 1.165) is 33.9 Å². The van der Waals surface area contributed by atoms with Gasteiger partial charge in [-0.15, -0.1) is 0 Å². The Labute approximate surface area is 256 Å². The van der Waals surface area contributed by atoms with Gasteiger partial charge >= 0.3 is 7.32 Å². The highest BCUT2D eigenvalue weighted by Crippen LogP contribution is 2.28. The van der Waals surface area contributed by atoms with Crippen molar-refractivity contribution < 1.29 is 42.4 Å². The molecular formula is C33H45BO9. The fourth-order valence-electron chi connectivity index (χ4n) is 4.04. The summed E-state index contributed by atoms with van der Waals surface area (Å²) in [5.41, 5.74) is 2.75. The Balaban J connectivity index is 1.74. The van der Waals surface area contributed by atoms with Crippen LogP contribution in [0.4, 0.5) is 0 Å². The monoisotopic (exact) mass is 596 g/mol. The minimum absolute atomic E-state index is 0.471.